The highest BCUT2D eigenvalue weighted by atomic mass is 16.5. The Balaban J connectivity index is 2.26. The number of methoxy groups -OCH3 is 1. The molecule has 1 aromatic heterocycles. The Bertz CT molecular complexity index is 579. The molecule has 94 valence electrons. The van der Waals surface area contributed by atoms with Crippen LogP contribution in [0.1, 0.15) is 16.2 Å². The average Bonchev–Trinajstić information content (AvgIpc) is 2.74. The SMILES string of the molecule is COc1c(N)cccc1C(=O)Nc1nnc(C)o1. The van der Waals surface area contributed by atoms with Crippen molar-refractivity contribution < 1.29 is 13.9 Å². The van der Waals surface area contributed by atoms with Crippen LogP contribution in [0.5, 0.6) is 5.75 Å². The maximum absolute atomic E-state index is 12.0. The van der Waals surface area contributed by atoms with Crippen LogP contribution in [0, 0.1) is 6.92 Å². The molecule has 7 heteroatoms. The first-order chi connectivity index (χ1) is 8.61. The maximum atomic E-state index is 12.0. The van der Waals surface area contributed by atoms with Crippen molar-refractivity contribution in [2.75, 3.05) is 18.2 Å². The number of aromatic nitrogens is 2. The topological polar surface area (TPSA) is 103 Å². The van der Waals surface area contributed by atoms with Gasteiger partial charge in [-0.05, 0) is 12.1 Å². The summed E-state index contributed by atoms with van der Waals surface area (Å²) in [4.78, 5) is 12.0. The van der Waals surface area contributed by atoms with Gasteiger partial charge in [-0.1, -0.05) is 11.2 Å². The van der Waals surface area contributed by atoms with Gasteiger partial charge in [0.25, 0.3) is 5.91 Å². The number of aryl methyl sites for hydroxylation is 1. The number of para-hydroxylation sites is 1. The molecule has 2 rings (SSSR count). The Morgan fingerprint density at radius 1 is 1.44 bits per heavy atom. The van der Waals surface area contributed by atoms with Gasteiger partial charge in [-0.25, -0.2) is 0 Å². The Morgan fingerprint density at radius 2 is 2.22 bits per heavy atom. The van der Waals surface area contributed by atoms with Gasteiger partial charge < -0.3 is 14.9 Å². The van der Waals surface area contributed by atoms with Crippen molar-refractivity contribution in [2.45, 2.75) is 6.92 Å². The molecule has 0 radical (unpaired) electrons. The fourth-order valence-electron chi connectivity index (χ4n) is 1.47. The fourth-order valence-corrected chi connectivity index (χ4v) is 1.47. The number of hydrogen-bond donors (Lipinski definition) is 2. The predicted molar refractivity (Wildman–Crippen MR) is 64.4 cm³/mol. The van der Waals surface area contributed by atoms with Crippen LogP contribution < -0.4 is 15.8 Å². The van der Waals surface area contributed by atoms with Crippen LogP contribution in [0.2, 0.25) is 0 Å². The third-order valence-electron chi connectivity index (χ3n) is 2.24. The largest absolute Gasteiger partial charge is 0.494 e. The number of benzene rings is 1. The third kappa shape index (κ3) is 2.24. The summed E-state index contributed by atoms with van der Waals surface area (Å²) < 4.78 is 10.1. The molecular formula is C11H12N4O3. The lowest BCUT2D eigenvalue weighted by atomic mass is 10.1. The van der Waals surface area contributed by atoms with Gasteiger partial charge in [0.2, 0.25) is 5.89 Å². The minimum absolute atomic E-state index is 0.0296. The number of ether oxygens (including phenoxy) is 1. The molecule has 0 atom stereocenters. The highest BCUT2D eigenvalue weighted by Crippen LogP contribution is 2.26. The van der Waals surface area contributed by atoms with Crippen LogP contribution in [0.4, 0.5) is 11.7 Å². The molecule has 1 aromatic carbocycles. The lowest BCUT2D eigenvalue weighted by Gasteiger charge is -2.09. The number of nitrogens with one attached hydrogen (secondary N) is 1. The van der Waals surface area contributed by atoms with E-state index >= 15 is 0 Å². The van der Waals surface area contributed by atoms with E-state index in [2.05, 4.69) is 15.5 Å². The molecule has 0 aliphatic rings. The van der Waals surface area contributed by atoms with E-state index < -0.39 is 5.91 Å². The second-order valence-electron chi connectivity index (χ2n) is 3.51. The van der Waals surface area contributed by atoms with Crippen LogP contribution in [0.15, 0.2) is 22.6 Å². The van der Waals surface area contributed by atoms with Gasteiger partial charge in [-0.2, -0.15) is 0 Å². The van der Waals surface area contributed by atoms with E-state index in [0.29, 0.717) is 22.9 Å². The molecule has 0 bridgehead atoms. The van der Waals surface area contributed by atoms with Gasteiger partial charge in [-0.3, -0.25) is 10.1 Å². The normalized spacial score (nSPS) is 10.1. The van der Waals surface area contributed by atoms with Crippen LogP contribution in [0.3, 0.4) is 0 Å². The Labute approximate surface area is 103 Å². The first-order valence-corrected chi connectivity index (χ1v) is 5.15. The standard InChI is InChI=1S/C11H12N4O3/c1-6-14-15-11(18-6)13-10(16)7-4-3-5-8(12)9(7)17-2/h3-5H,12H2,1-2H3,(H,13,15,16). The number of rotatable bonds is 3. The van der Waals surface area contributed by atoms with E-state index in [9.17, 15) is 4.79 Å². The van der Waals surface area contributed by atoms with Crippen molar-refractivity contribution in [1.29, 1.82) is 0 Å². The van der Waals surface area contributed by atoms with E-state index in [0.717, 1.165) is 0 Å². The molecule has 0 fully saturated rings. The molecule has 0 unspecified atom stereocenters. The Morgan fingerprint density at radius 3 is 2.83 bits per heavy atom. The second kappa shape index (κ2) is 4.74. The smallest absolute Gasteiger partial charge is 0.322 e. The van der Waals surface area contributed by atoms with Crippen molar-refractivity contribution in [2.24, 2.45) is 0 Å². The Hall–Kier alpha value is -2.57. The number of nitrogen functional groups attached to an aromatic ring is 1. The molecule has 0 saturated heterocycles. The van der Waals surface area contributed by atoms with E-state index in [1.165, 1.54) is 7.11 Å². The summed E-state index contributed by atoms with van der Waals surface area (Å²) >= 11 is 0. The highest BCUT2D eigenvalue weighted by molar-refractivity contribution is 6.06. The summed E-state index contributed by atoms with van der Waals surface area (Å²) in [6.07, 6.45) is 0. The minimum Gasteiger partial charge on any atom is -0.494 e. The van der Waals surface area contributed by atoms with Crippen molar-refractivity contribution in [3.63, 3.8) is 0 Å². The number of hydrogen-bond acceptors (Lipinski definition) is 6. The molecule has 1 amide bonds. The minimum atomic E-state index is -0.428. The van der Waals surface area contributed by atoms with E-state index in [1.54, 1.807) is 25.1 Å². The number of nitrogens with two attached hydrogens (primary N) is 1. The summed E-state index contributed by atoms with van der Waals surface area (Å²) in [6, 6.07) is 4.92. The van der Waals surface area contributed by atoms with Crippen LogP contribution in [-0.4, -0.2) is 23.2 Å². The number of anilines is 2. The third-order valence-corrected chi connectivity index (χ3v) is 2.24. The summed E-state index contributed by atoms with van der Waals surface area (Å²) in [5, 5.41) is 9.74. The lowest BCUT2D eigenvalue weighted by Crippen LogP contribution is -2.14. The van der Waals surface area contributed by atoms with Gasteiger partial charge in [0.1, 0.15) is 0 Å². The monoisotopic (exact) mass is 248 g/mol. The zero-order chi connectivity index (χ0) is 13.1. The van der Waals surface area contributed by atoms with Crippen molar-refractivity contribution >= 4 is 17.6 Å². The van der Waals surface area contributed by atoms with Crippen molar-refractivity contribution in [3.8, 4) is 5.75 Å². The maximum Gasteiger partial charge on any atom is 0.322 e. The van der Waals surface area contributed by atoms with Gasteiger partial charge in [0, 0.05) is 6.92 Å². The quantitative estimate of drug-likeness (QED) is 0.791. The van der Waals surface area contributed by atoms with Gasteiger partial charge >= 0.3 is 6.01 Å². The van der Waals surface area contributed by atoms with Gasteiger partial charge in [-0.15, -0.1) is 5.10 Å². The number of carbonyl (C=O) groups is 1. The predicted octanol–water partition coefficient (Wildman–Crippen LogP) is 1.22. The fraction of sp³-hybridized carbons (Fsp3) is 0.182. The molecule has 0 aliphatic carbocycles. The van der Waals surface area contributed by atoms with E-state index in [-0.39, 0.29) is 6.01 Å². The number of carbonyl (C=O) groups excluding carboxylic acids is 1. The van der Waals surface area contributed by atoms with Gasteiger partial charge in [0.15, 0.2) is 5.75 Å². The number of amides is 1. The molecule has 2 aromatic rings. The zero-order valence-corrected chi connectivity index (χ0v) is 9.93. The van der Waals surface area contributed by atoms with Crippen molar-refractivity contribution in [1.82, 2.24) is 10.2 Å². The number of nitrogens with zero attached hydrogens (tertiary/aromatic N) is 2. The summed E-state index contributed by atoms with van der Waals surface area (Å²) in [6.45, 7) is 1.63. The average molecular weight is 248 g/mol. The molecule has 1 heterocycles. The molecule has 0 saturated carbocycles. The summed E-state index contributed by atoms with van der Waals surface area (Å²) in [5.41, 5.74) is 6.39. The highest BCUT2D eigenvalue weighted by Gasteiger charge is 2.16. The second-order valence-corrected chi connectivity index (χ2v) is 3.51. The molecular weight excluding hydrogens is 236 g/mol. The van der Waals surface area contributed by atoms with E-state index in [1.807, 2.05) is 0 Å². The zero-order valence-electron chi connectivity index (χ0n) is 9.93. The van der Waals surface area contributed by atoms with Crippen LogP contribution >= 0.6 is 0 Å². The van der Waals surface area contributed by atoms with Crippen molar-refractivity contribution in [3.05, 3.63) is 29.7 Å². The van der Waals surface area contributed by atoms with Gasteiger partial charge in [0.05, 0.1) is 18.4 Å². The Kier molecular flexibility index (Phi) is 3.13. The van der Waals surface area contributed by atoms with Crippen LogP contribution in [-0.2, 0) is 0 Å². The summed E-state index contributed by atoms with van der Waals surface area (Å²) in [5.74, 6) is 0.249. The molecule has 3 N–H and O–H groups in total. The van der Waals surface area contributed by atoms with E-state index in [4.69, 9.17) is 14.9 Å². The summed E-state index contributed by atoms with van der Waals surface area (Å²) in [7, 11) is 1.44. The first-order valence-electron chi connectivity index (χ1n) is 5.15. The molecule has 7 nitrogen and oxygen atoms in total. The lowest BCUT2D eigenvalue weighted by molar-refractivity contribution is 0.102. The molecule has 0 spiro atoms. The van der Waals surface area contributed by atoms with Crippen LogP contribution in [0.25, 0.3) is 0 Å². The molecule has 18 heavy (non-hydrogen) atoms. The molecule has 0 aliphatic heterocycles. The first kappa shape index (κ1) is 11.9.